The summed E-state index contributed by atoms with van der Waals surface area (Å²) in [5, 5.41) is 3.12. The number of piperidine rings is 1. The molecule has 0 radical (unpaired) electrons. The van der Waals surface area contributed by atoms with E-state index in [0.29, 0.717) is 6.04 Å². The summed E-state index contributed by atoms with van der Waals surface area (Å²) in [4.78, 5) is 16.5. The molecule has 1 spiro atoms. The van der Waals surface area contributed by atoms with Gasteiger partial charge in [-0.1, -0.05) is 54.6 Å². The van der Waals surface area contributed by atoms with Crippen molar-refractivity contribution < 1.29 is 4.79 Å². The molecule has 2 heterocycles. The van der Waals surface area contributed by atoms with Crippen molar-refractivity contribution in [3.8, 4) is 11.1 Å². The van der Waals surface area contributed by atoms with Crippen LogP contribution in [0.15, 0.2) is 54.6 Å². The summed E-state index contributed by atoms with van der Waals surface area (Å²) in [6.45, 7) is 5.86. The number of hydrogen-bond acceptors (Lipinski definition) is 3. The van der Waals surface area contributed by atoms with Crippen LogP contribution in [0, 0.1) is 0 Å². The fraction of sp³-hybridized carbons (Fsp3) is 0.458. The van der Waals surface area contributed by atoms with E-state index in [4.69, 9.17) is 0 Å². The second kappa shape index (κ2) is 8.06. The Bertz CT molecular complexity index is 794. The van der Waals surface area contributed by atoms with Crippen LogP contribution in [0.5, 0.6) is 0 Å². The van der Waals surface area contributed by atoms with E-state index in [2.05, 4.69) is 76.8 Å². The Morgan fingerprint density at radius 3 is 2.32 bits per heavy atom. The summed E-state index contributed by atoms with van der Waals surface area (Å²) in [5.41, 5.74) is 4.19. The van der Waals surface area contributed by atoms with Crippen molar-refractivity contribution >= 4 is 5.91 Å². The topological polar surface area (TPSA) is 35.6 Å². The lowest BCUT2D eigenvalue weighted by Crippen LogP contribution is -2.50. The van der Waals surface area contributed by atoms with Crippen LogP contribution < -0.4 is 5.32 Å². The Labute approximate surface area is 168 Å². The molecule has 1 amide bonds. The van der Waals surface area contributed by atoms with Gasteiger partial charge in [0, 0.05) is 44.7 Å². The minimum absolute atomic E-state index is 0.0897. The first-order chi connectivity index (χ1) is 13.5. The van der Waals surface area contributed by atoms with Gasteiger partial charge in [-0.3, -0.25) is 14.6 Å². The number of nitrogens with zero attached hydrogens (tertiary/aromatic N) is 2. The molecule has 0 aromatic heterocycles. The van der Waals surface area contributed by atoms with Gasteiger partial charge in [0.05, 0.1) is 0 Å². The Balaban J connectivity index is 1.33. The average Bonchev–Trinajstić information content (AvgIpc) is 2.99. The van der Waals surface area contributed by atoms with E-state index in [0.717, 1.165) is 32.6 Å². The fourth-order valence-electron chi connectivity index (χ4n) is 4.99. The average molecular weight is 378 g/mol. The molecule has 2 aliphatic heterocycles. The summed E-state index contributed by atoms with van der Waals surface area (Å²) in [7, 11) is 2.22. The third-order valence-electron chi connectivity index (χ3n) is 6.59. The molecule has 4 heteroatoms. The lowest BCUT2D eigenvalue weighted by molar-refractivity contribution is -0.119. The van der Waals surface area contributed by atoms with Gasteiger partial charge in [0.25, 0.3) is 0 Å². The Hall–Kier alpha value is -2.17. The maximum absolute atomic E-state index is 11.4. The Kier molecular flexibility index (Phi) is 5.51. The normalized spacial score (nSPS) is 22.4. The van der Waals surface area contributed by atoms with Crippen LogP contribution in [0.25, 0.3) is 11.1 Å². The zero-order chi connectivity index (χ0) is 19.6. The lowest BCUT2D eigenvalue weighted by atomic mass is 9.84. The number of carbonyl (C=O) groups is 1. The smallest absolute Gasteiger partial charge is 0.217 e. The SMILES string of the molecule is CC(=O)N[C@@H]1CN(C)C2(CCN(Cc3ccc(-c4ccccc4)cc3)CC2)C1. The number of nitrogens with one attached hydrogen (secondary N) is 1. The summed E-state index contributed by atoms with van der Waals surface area (Å²) < 4.78 is 0. The minimum Gasteiger partial charge on any atom is -0.352 e. The molecule has 28 heavy (non-hydrogen) atoms. The monoisotopic (exact) mass is 377 g/mol. The number of likely N-dealkylation sites (tertiary alicyclic amines) is 2. The Morgan fingerprint density at radius 2 is 1.68 bits per heavy atom. The number of benzene rings is 2. The number of likely N-dealkylation sites (N-methyl/N-ethyl adjacent to an activating group) is 1. The fourth-order valence-corrected chi connectivity index (χ4v) is 4.99. The van der Waals surface area contributed by atoms with Crippen molar-refractivity contribution in [1.29, 1.82) is 0 Å². The molecule has 2 saturated heterocycles. The molecule has 148 valence electrons. The zero-order valence-electron chi connectivity index (χ0n) is 17.0. The molecule has 0 bridgehead atoms. The largest absolute Gasteiger partial charge is 0.352 e. The summed E-state index contributed by atoms with van der Waals surface area (Å²) >= 11 is 0. The van der Waals surface area contributed by atoms with E-state index in [1.54, 1.807) is 6.92 Å². The maximum Gasteiger partial charge on any atom is 0.217 e. The van der Waals surface area contributed by atoms with Crippen LogP contribution in [-0.4, -0.2) is 54.0 Å². The van der Waals surface area contributed by atoms with Gasteiger partial charge in [-0.15, -0.1) is 0 Å². The van der Waals surface area contributed by atoms with Crippen molar-refractivity contribution in [1.82, 2.24) is 15.1 Å². The molecule has 4 rings (SSSR count). The summed E-state index contributed by atoms with van der Waals surface area (Å²) in [6, 6.07) is 19.9. The van der Waals surface area contributed by atoms with Gasteiger partial charge in [0.2, 0.25) is 5.91 Å². The van der Waals surface area contributed by atoms with Gasteiger partial charge in [-0.2, -0.15) is 0 Å². The number of amides is 1. The molecule has 4 nitrogen and oxygen atoms in total. The van der Waals surface area contributed by atoms with E-state index in [1.807, 2.05) is 0 Å². The second-order valence-corrected chi connectivity index (χ2v) is 8.55. The van der Waals surface area contributed by atoms with Crippen molar-refractivity contribution in [3.63, 3.8) is 0 Å². The number of rotatable bonds is 4. The molecule has 2 aromatic rings. The third-order valence-corrected chi connectivity index (χ3v) is 6.59. The molecular formula is C24H31N3O. The van der Waals surface area contributed by atoms with E-state index in [1.165, 1.54) is 29.5 Å². The van der Waals surface area contributed by atoms with Crippen LogP contribution in [0.1, 0.15) is 31.7 Å². The van der Waals surface area contributed by atoms with Gasteiger partial charge in [-0.05, 0) is 43.0 Å². The first-order valence-corrected chi connectivity index (χ1v) is 10.4. The molecule has 1 N–H and O–H groups in total. The molecule has 2 fully saturated rings. The van der Waals surface area contributed by atoms with Gasteiger partial charge in [0.15, 0.2) is 0 Å². The highest BCUT2D eigenvalue weighted by molar-refractivity contribution is 5.73. The van der Waals surface area contributed by atoms with Crippen LogP contribution in [0.2, 0.25) is 0 Å². The molecule has 1 atom stereocenters. The van der Waals surface area contributed by atoms with Crippen LogP contribution in [0.3, 0.4) is 0 Å². The first-order valence-electron chi connectivity index (χ1n) is 10.4. The predicted molar refractivity (Wildman–Crippen MR) is 114 cm³/mol. The van der Waals surface area contributed by atoms with Crippen molar-refractivity contribution in [2.75, 3.05) is 26.7 Å². The lowest BCUT2D eigenvalue weighted by Gasteiger charge is -2.43. The van der Waals surface area contributed by atoms with Crippen LogP contribution in [-0.2, 0) is 11.3 Å². The highest BCUT2D eigenvalue weighted by Gasteiger charge is 2.45. The van der Waals surface area contributed by atoms with Gasteiger partial charge in [0.1, 0.15) is 0 Å². The zero-order valence-corrected chi connectivity index (χ0v) is 17.0. The molecular weight excluding hydrogens is 346 g/mol. The standard InChI is InChI=1S/C24H31N3O/c1-19(28)25-23-16-24(26(2)18-23)12-14-27(15-13-24)17-20-8-10-22(11-9-20)21-6-4-3-5-7-21/h3-11,23H,12-18H2,1-2H3,(H,25,28)/t23-/m0/s1. The second-order valence-electron chi connectivity index (χ2n) is 8.55. The predicted octanol–water partition coefficient (Wildman–Crippen LogP) is 3.53. The molecule has 0 saturated carbocycles. The van der Waals surface area contributed by atoms with Gasteiger partial charge >= 0.3 is 0 Å². The van der Waals surface area contributed by atoms with Crippen LogP contribution in [0.4, 0.5) is 0 Å². The van der Waals surface area contributed by atoms with E-state index in [9.17, 15) is 4.79 Å². The molecule has 0 unspecified atom stereocenters. The summed E-state index contributed by atoms with van der Waals surface area (Å²) in [5.74, 6) is 0.0897. The van der Waals surface area contributed by atoms with Crippen molar-refractivity contribution in [2.24, 2.45) is 0 Å². The molecule has 2 aromatic carbocycles. The third kappa shape index (κ3) is 4.13. The van der Waals surface area contributed by atoms with Crippen LogP contribution >= 0.6 is 0 Å². The molecule has 0 aliphatic carbocycles. The number of hydrogen-bond donors (Lipinski definition) is 1. The van der Waals surface area contributed by atoms with E-state index >= 15 is 0 Å². The van der Waals surface area contributed by atoms with Crippen molar-refractivity contribution in [2.45, 2.75) is 44.3 Å². The number of carbonyl (C=O) groups excluding carboxylic acids is 1. The maximum atomic E-state index is 11.4. The van der Waals surface area contributed by atoms with E-state index < -0.39 is 0 Å². The quantitative estimate of drug-likeness (QED) is 0.885. The highest BCUT2D eigenvalue weighted by Crippen LogP contribution is 2.37. The minimum atomic E-state index is 0.0897. The van der Waals surface area contributed by atoms with Gasteiger partial charge < -0.3 is 5.32 Å². The highest BCUT2D eigenvalue weighted by atomic mass is 16.1. The van der Waals surface area contributed by atoms with Gasteiger partial charge in [-0.25, -0.2) is 0 Å². The van der Waals surface area contributed by atoms with E-state index in [-0.39, 0.29) is 11.4 Å². The Morgan fingerprint density at radius 1 is 1.04 bits per heavy atom. The molecule has 2 aliphatic rings. The van der Waals surface area contributed by atoms with Crippen molar-refractivity contribution in [3.05, 3.63) is 60.2 Å². The first kappa shape index (κ1) is 19.2. The summed E-state index contributed by atoms with van der Waals surface area (Å²) in [6.07, 6.45) is 3.45.